The fourth-order valence-electron chi connectivity index (χ4n) is 3.23. The second kappa shape index (κ2) is 8.73. The number of amides is 1. The van der Waals surface area contributed by atoms with E-state index in [1.54, 1.807) is 14.2 Å². The molecule has 0 saturated carbocycles. The third kappa shape index (κ3) is 4.88. The van der Waals surface area contributed by atoms with E-state index in [9.17, 15) is 13.2 Å². The number of hydrogen-bond acceptors (Lipinski definition) is 5. The number of benzene rings is 1. The number of hydrogen-bond donors (Lipinski definition) is 1. The molecule has 1 atom stereocenters. The molecule has 8 heteroatoms. The van der Waals surface area contributed by atoms with Crippen molar-refractivity contribution in [3.05, 3.63) is 23.8 Å². The number of sulfonamides is 1. The number of ether oxygens (including phenoxy) is 2. The van der Waals surface area contributed by atoms with E-state index in [-0.39, 0.29) is 17.9 Å². The number of carbonyl (C=O) groups excluding carboxylic acids is 1. The number of rotatable bonds is 7. The smallest absolute Gasteiger partial charge is 0.223 e. The van der Waals surface area contributed by atoms with Gasteiger partial charge in [0.05, 0.1) is 26.5 Å². The quantitative estimate of drug-likeness (QED) is 0.777. The summed E-state index contributed by atoms with van der Waals surface area (Å²) in [5.74, 6) is 1.08. The summed E-state index contributed by atoms with van der Waals surface area (Å²) in [5.41, 5.74) is 0.951. The Kier molecular flexibility index (Phi) is 6.88. The van der Waals surface area contributed by atoms with Crippen LogP contribution in [0.5, 0.6) is 11.5 Å². The number of carbonyl (C=O) groups is 1. The second-order valence-corrected chi connectivity index (χ2v) is 8.50. The summed E-state index contributed by atoms with van der Waals surface area (Å²) in [6.07, 6.45) is 3.03. The number of piperidine rings is 1. The Bertz CT molecular complexity index is 727. The molecule has 0 bridgehead atoms. The van der Waals surface area contributed by atoms with Gasteiger partial charge in [-0.2, -0.15) is 0 Å². The first-order valence-electron chi connectivity index (χ1n) is 8.77. The molecule has 1 saturated heterocycles. The van der Waals surface area contributed by atoms with Gasteiger partial charge in [-0.15, -0.1) is 0 Å². The van der Waals surface area contributed by atoms with Crippen LogP contribution >= 0.6 is 0 Å². The molecule has 0 radical (unpaired) electrons. The van der Waals surface area contributed by atoms with Gasteiger partial charge in [-0.05, 0) is 37.0 Å². The predicted octanol–water partition coefficient (Wildman–Crippen LogP) is 1.94. The van der Waals surface area contributed by atoms with Crippen LogP contribution in [0, 0.1) is 5.92 Å². The first-order valence-corrected chi connectivity index (χ1v) is 10.6. The Morgan fingerprint density at radius 1 is 1.23 bits per heavy atom. The zero-order valence-corrected chi connectivity index (χ0v) is 16.6. The van der Waals surface area contributed by atoms with Crippen molar-refractivity contribution >= 4 is 15.9 Å². The maximum atomic E-state index is 12.6. The topological polar surface area (TPSA) is 84.9 Å². The van der Waals surface area contributed by atoms with Gasteiger partial charge in [0.25, 0.3) is 0 Å². The standard InChI is InChI=1S/C18H28N2O5S/c1-5-15(14-6-7-16(24-2)17(12-14)25-3)19-18(21)13-8-10-20(11-9-13)26(4,22)23/h6-7,12-13,15H,5,8-11H2,1-4H3,(H,19,21). The average Bonchev–Trinajstić information content (AvgIpc) is 2.64. The van der Waals surface area contributed by atoms with Gasteiger partial charge in [-0.3, -0.25) is 4.79 Å². The summed E-state index contributed by atoms with van der Waals surface area (Å²) in [4.78, 5) is 12.6. The molecule has 1 amide bonds. The predicted molar refractivity (Wildman–Crippen MR) is 99.9 cm³/mol. The maximum absolute atomic E-state index is 12.6. The molecule has 1 aliphatic heterocycles. The molecule has 1 heterocycles. The highest BCUT2D eigenvalue weighted by molar-refractivity contribution is 7.88. The number of nitrogens with zero attached hydrogens (tertiary/aromatic N) is 1. The minimum atomic E-state index is -3.18. The molecule has 1 N–H and O–H groups in total. The Morgan fingerprint density at radius 2 is 1.85 bits per heavy atom. The van der Waals surface area contributed by atoms with Crippen LogP contribution in [0.4, 0.5) is 0 Å². The van der Waals surface area contributed by atoms with Crippen molar-refractivity contribution in [1.29, 1.82) is 0 Å². The van der Waals surface area contributed by atoms with Gasteiger partial charge in [-0.25, -0.2) is 12.7 Å². The van der Waals surface area contributed by atoms with Crippen LogP contribution in [0.25, 0.3) is 0 Å². The van der Waals surface area contributed by atoms with Gasteiger partial charge in [0.1, 0.15) is 0 Å². The van der Waals surface area contributed by atoms with E-state index < -0.39 is 10.0 Å². The van der Waals surface area contributed by atoms with E-state index in [0.29, 0.717) is 37.4 Å². The van der Waals surface area contributed by atoms with Crippen LogP contribution in [0.1, 0.15) is 37.8 Å². The van der Waals surface area contributed by atoms with Crippen molar-refractivity contribution in [2.75, 3.05) is 33.6 Å². The molecule has 7 nitrogen and oxygen atoms in total. The fourth-order valence-corrected chi connectivity index (χ4v) is 4.10. The molecule has 0 spiro atoms. The van der Waals surface area contributed by atoms with Crippen LogP contribution in [-0.4, -0.2) is 52.2 Å². The van der Waals surface area contributed by atoms with Crippen LogP contribution in [0.2, 0.25) is 0 Å². The van der Waals surface area contributed by atoms with E-state index in [1.807, 2.05) is 25.1 Å². The van der Waals surface area contributed by atoms with Crippen molar-refractivity contribution in [3.63, 3.8) is 0 Å². The van der Waals surface area contributed by atoms with Crippen LogP contribution in [0.3, 0.4) is 0 Å². The fraction of sp³-hybridized carbons (Fsp3) is 0.611. The van der Waals surface area contributed by atoms with Crippen LogP contribution in [-0.2, 0) is 14.8 Å². The van der Waals surface area contributed by atoms with Gasteiger partial charge >= 0.3 is 0 Å². The largest absolute Gasteiger partial charge is 0.493 e. The van der Waals surface area contributed by atoms with Crippen molar-refractivity contribution in [2.45, 2.75) is 32.2 Å². The summed E-state index contributed by atoms with van der Waals surface area (Å²) in [7, 11) is -0.0213. The summed E-state index contributed by atoms with van der Waals surface area (Å²) in [6, 6.07) is 5.49. The van der Waals surface area contributed by atoms with Crippen LogP contribution in [0.15, 0.2) is 18.2 Å². The molecule has 0 aromatic heterocycles. The second-order valence-electron chi connectivity index (χ2n) is 6.52. The Morgan fingerprint density at radius 3 is 2.35 bits per heavy atom. The molecular weight excluding hydrogens is 356 g/mol. The highest BCUT2D eigenvalue weighted by atomic mass is 32.2. The normalized spacial score (nSPS) is 17.5. The lowest BCUT2D eigenvalue weighted by Crippen LogP contribution is -2.43. The van der Waals surface area contributed by atoms with Gasteiger partial charge < -0.3 is 14.8 Å². The molecule has 0 aliphatic carbocycles. The molecule has 26 heavy (non-hydrogen) atoms. The average molecular weight is 384 g/mol. The van der Waals surface area contributed by atoms with Gasteiger partial charge in [-0.1, -0.05) is 13.0 Å². The molecule has 146 valence electrons. The van der Waals surface area contributed by atoms with Crippen molar-refractivity contribution < 1.29 is 22.7 Å². The van der Waals surface area contributed by atoms with Gasteiger partial charge in [0.15, 0.2) is 11.5 Å². The lowest BCUT2D eigenvalue weighted by Gasteiger charge is -2.30. The SMILES string of the molecule is CCC(NC(=O)C1CCN(S(C)(=O)=O)CC1)c1ccc(OC)c(OC)c1. The molecule has 1 fully saturated rings. The minimum Gasteiger partial charge on any atom is -0.493 e. The molecule has 1 aromatic carbocycles. The molecule has 1 unspecified atom stereocenters. The summed E-state index contributed by atoms with van der Waals surface area (Å²) < 4.78 is 35.2. The first-order chi connectivity index (χ1) is 12.3. The van der Waals surface area contributed by atoms with E-state index in [0.717, 1.165) is 12.0 Å². The van der Waals surface area contributed by atoms with Gasteiger partial charge in [0, 0.05) is 19.0 Å². The first kappa shape index (κ1) is 20.5. The highest BCUT2D eigenvalue weighted by Crippen LogP contribution is 2.31. The summed E-state index contributed by atoms with van der Waals surface area (Å²) in [6.45, 7) is 2.79. The monoisotopic (exact) mass is 384 g/mol. The van der Waals surface area contributed by atoms with Crippen molar-refractivity contribution in [1.82, 2.24) is 9.62 Å². The Balaban J connectivity index is 2.03. The lowest BCUT2D eigenvalue weighted by atomic mass is 9.95. The van der Waals surface area contributed by atoms with Crippen LogP contribution < -0.4 is 14.8 Å². The van der Waals surface area contributed by atoms with E-state index in [4.69, 9.17) is 9.47 Å². The minimum absolute atomic E-state index is 0.0280. The summed E-state index contributed by atoms with van der Waals surface area (Å²) >= 11 is 0. The van der Waals surface area contributed by atoms with E-state index in [1.165, 1.54) is 10.6 Å². The zero-order chi connectivity index (χ0) is 19.3. The lowest BCUT2D eigenvalue weighted by molar-refractivity contribution is -0.126. The number of nitrogens with one attached hydrogen (secondary N) is 1. The van der Waals surface area contributed by atoms with E-state index >= 15 is 0 Å². The van der Waals surface area contributed by atoms with Crippen molar-refractivity contribution in [2.24, 2.45) is 5.92 Å². The zero-order valence-electron chi connectivity index (χ0n) is 15.8. The third-order valence-corrected chi connectivity index (χ3v) is 6.13. The molecule has 2 rings (SSSR count). The molecular formula is C18H28N2O5S. The summed E-state index contributed by atoms with van der Waals surface area (Å²) in [5, 5.41) is 3.09. The highest BCUT2D eigenvalue weighted by Gasteiger charge is 2.30. The molecule has 1 aromatic rings. The number of methoxy groups -OCH3 is 2. The Hall–Kier alpha value is -1.80. The van der Waals surface area contributed by atoms with E-state index in [2.05, 4.69) is 5.32 Å². The van der Waals surface area contributed by atoms with Gasteiger partial charge in [0.2, 0.25) is 15.9 Å². The van der Waals surface area contributed by atoms with Crippen molar-refractivity contribution in [3.8, 4) is 11.5 Å². The molecule has 1 aliphatic rings. The Labute approximate surface area is 155 Å². The third-order valence-electron chi connectivity index (χ3n) is 4.83. The maximum Gasteiger partial charge on any atom is 0.223 e.